The fraction of sp³-hybridized carbons (Fsp3) is 0.400. The third-order valence-corrected chi connectivity index (χ3v) is 5.82. The van der Waals surface area contributed by atoms with Crippen molar-refractivity contribution in [2.45, 2.75) is 59.8 Å². The summed E-state index contributed by atoms with van der Waals surface area (Å²) in [5, 5.41) is 2.23. The Morgan fingerprint density at radius 1 is 1.00 bits per heavy atom. The van der Waals surface area contributed by atoms with Gasteiger partial charge in [0.2, 0.25) is 5.69 Å². The standard InChI is InChI=1S/C25H32N/c1-8-17(4)21-11-12-23-22(14-21)13-19(6)26(7)25(23)24-15-20(16(2)3)10-9-18(24)5/h9-17H,8H2,1-7H3/q+1/i13D. The molecule has 0 aliphatic rings. The van der Waals surface area contributed by atoms with Gasteiger partial charge in [-0.25, -0.2) is 0 Å². The summed E-state index contributed by atoms with van der Waals surface area (Å²) in [5.74, 6) is 1.01. The molecule has 136 valence electrons. The summed E-state index contributed by atoms with van der Waals surface area (Å²) >= 11 is 0. The molecule has 1 heterocycles. The van der Waals surface area contributed by atoms with Crippen molar-refractivity contribution in [1.82, 2.24) is 0 Å². The average Bonchev–Trinajstić information content (AvgIpc) is 2.66. The Balaban J connectivity index is 2.38. The second-order valence-electron chi connectivity index (χ2n) is 7.96. The summed E-state index contributed by atoms with van der Waals surface area (Å²) in [5.41, 5.74) is 7.45. The van der Waals surface area contributed by atoms with Crippen LogP contribution in [-0.4, -0.2) is 0 Å². The van der Waals surface area contributed by atoms with E-state index in [9.17, 15) is 0 Å². The van der Waals surface area contributed by atoms with E-state index in [-0.39, 0.29) is 0 Å². The Labute approximate surface area is 160 Å². The predicted octanol–water partition coefficient (Wildman–Crippen LogP) is 6.59. The topological polar surface area (TPSA) is 3.88 Å². The molecular weight excluding hydrogens is 314 g/mol. The molecule has 3 aromatic rings. The van der Waals surface area contributed by atoms with Gasteiger partial charge in [0.1, 0.15) is 7.05 Å². The minimum atomic E-state index is 0.495. The van der Waals surface area contributed by atoms with E-state index in [1.807, 2.05) is 0 Å². The van der Waals surface area contributed by atoms with Gasteiger partial charge in [-0.1, -0.05) is 52.0 Å². The van der Waals surface area contributed by atoms with Crippen LogP contribution in [0.3, 0.4) is 0 Å². The number of pyridine rings is 1. The van der Waals surface area contributed by atoms with Crippen LogP contribution >= 0.6 is 0 Å². The summed E-state index contributed by atoms with van der Waals surface area (Å²) in [7, 11) is 2.09. The first-order chi connectivity index (χ1) is 12.8. The molecule has 1 unspecified atom stereocenters. The van der Waals surface area contributed by atoms with Crippen LogP contribution in [0.4, 0.5) is 0 Å². The lowest BCUT2D eigenvalue weighted by Gasteiger charge is -2.15. The number of benzene rings is 2. The summed E-state index contributed by atoms with van der Waals surface area (Å²) in [4.78, 5) is 0. The maximum Gasteiger partial charge on any atom is 0.220 e. The van der Waals surface area contributed by atoms with Crippen LogP contribution < -0.4 is 4.57 Å². The predicted molar refractivity (Wildman–Crippen MR) is 113 cm³/mol. The highest BCUT2D eigenvalue weighted by Gasteiger charge is 2.21. The van der Waals surface area contributed by atoms with Crippen molar-refractivity contribution >= 4 is 10.8 Å². The van der Waals surface area contributed by atoms with Crippen molar-refractivity contribution in [3.8, 4) is 11.3 Å². The van der Waals surface area contributed by atoms with Gasteiger partial charge in [0.25, 0.3) is 0 Å². The number of nitrogens with zero attached hydrogens (tertiary/aromatic N) is 1. The van der Waals surface area contributed by atoms with Gasteiger partial charge in [0, 0.05) is 18.5 Å². The number of hydrogen-bond donors (Lipinski definition) is 0. The van der Waals surface area contributed by atoms with Crippen molar-refractivity contribution in [3.63, 3.8) is 0 Å². The molecule has 26 heavy (non-hydrogen) atoms. The van der Waals surface area contributed by atoms with Crippen LogP contribution in [0.5, 0.6) is 0 Å². The van der Waals surface area contributed by atoms with Crippen molar-refractivity contribution in [2.24, 2.45) is 7.05 Å². The lowest BCUT2D eigenvalue weighted by atomic mass is 9.91. The van der Waals surface area contributed by atoms with Gasteiger partial charge in [0.15, 0.2) is 5.69 Å². The van der Waals surface area contributed by atoms with Gasteiger partial charge in [-0.05, 0) is 59.4 Å². The average molecular weight is 348 g/mol. The van der Waals surface area contributed by atoms with Crippen molar-refractivity contribution < 1.29 is 5.94 Å². The van der Waals surface area contributed by atoms with Crippen molar-refractivity contribution in [3.05, 3.63) is 64.8 Å². The summed E-state index contributed by atoms with van der Waals surface area (Å²) in [6, 6.07) is 14.2. The van der Waals surface area contributed by atoms with Crippen molar-refractivity contribution in [1.29, 1.82) is 0 Å². The fourth-order valence-corrected chi connectivity index (χ4v) is 3.62. The molecule has 0 aliphatic carbocycles. The Morgan fingerprint density at radius 3 is 2.35 bits per heavy atom. The third kappa shape index (κ3) is 3.28. The van der Waals surface area contributed by atoms with E-state index in [0.717, 1.165) is 17.5 Å². The Bertz CT molecular complexity index is 1000. The van der Waals surface area contributed by atoms with E-state index in [4.69, 9.17) is 1.37 Å². The first-order valence-corrected chi connectivity index (χ1v) is 9.80. The molecule has 0 bridgehead atoms. The lowest BCUT2D eigenvalue weighted by molar-refractivity contribution is -0.665. The zero-order valence-electron chi connectivity index (χ0n) is 18.3. The first kappa shape index (κ1) is 17.3. The summed E-state index contributed by atoms with van der Waals surface area (Å²) < 4.78 is 10.9. The Hall–Kier alpha value is -2.15. The molecule has 0 saturated heterocycles. The molecule has 1 aromatic heterocycles. The molecule has 0 saturated carbocycles. The summed E-state index contributed by atoms with van der Waals surface area (Å²) in [6.45, 7) is 13.2. The number of aryl methyl sites for hydroxylation is 1. The largest absolute Gasteiger partial charge is 0.220 e. The fourth-order valence-electron chi connectivity index (χ4n) is 3.62. The molecule has 1 heteroatoms. The molecule has 0 fully saturated rings. The molecule has 0 radical (unpaired) electrons. The zero-order valence-corrected chi connectivity index (χ0v) is 17.3. The highest BCUT2D eigenvalue weighted by molar-refractivity contribution is 5.94. The van der Waals surface area contributed by atoms with E-state index in [2.05, 4.69) is 89.6 Å². The van der Waals surface area contributed by atoms with Crippen LogP contribution in [0.25, 0.3) is 22.0 Å². The second-order valence-corrected chi connectivity index (χ2v) is 7.96. The van der Waals surface area contributed by atoms with Gasteiger partial charge >= 0.3 is 0 Å². The number of rotatable bonds is 4. The monoisotopic (exact) mass is 347 g/mol. The van der Waals surface area contributed by atoms with E-state index >= 15 is 0 Å². The smallest absolute Gasteiger partial charge is 0.198 e. The normalized spacial score (nSPS) is 13.3. The SMILES string of the molecule is [2H]c1c(C)[n+](C)c(-c2cc(C(C)C)ccc2C)c2ccc(C(C)CC)cc12. The van der Waals surface area contributed by atoms with E-state index < -0.39 is 0 Å². The minimum Gasteiger partial charge on any atom is -0.198 e. The molecule has 0 spiro atoms. The number of fused-ring (bicyclic) bond motifs is 1. The van der Waals surface area contributed by atoms with Gasteiger partial charge in [0.05, 0.1) is 6.76 Å². The Morgan fingerprint density at radius 2 is 1.69 bits per heavy atom. The molecule has 0 aliphatic heterocycles. The van der Waals surface area contributed by atoms with Crippen LogP contribution in [0.2, 0.25) is 0 Å². The van der Waals surface area contributed by atoms with Gasteiger partial charge in [-0.2, -0.15) is 4.57 Å². The zero-order chi connectivity index (χ0) is 19.9. The van der Waals surface area contributed by atoms with Crippen LogP contribution in [-0.2, 0) is 7.05 Å². The van der Waals surface area contributed by atoms with E-state index in [1.54, 1.807) is 0 Å². The van der Waals surface area contributed by atoms with Gasteiger partial charge in [-0.3, -0.25) is 0 Å². The Kier molecular flexibility index (Phi) is 4.80. The molecule has 1 nitrogen and oxygen atoms in total. The highest BCUT2D eigenvalue weighted by Crippen LogP contribution is 2.33. The molecule has 1 atom stereocenters. The van der Waals surface area contributed by atoms with Crippen LogP contribution in [0, 0.1) is 13.8 Å². The maximum absolute atomic E-state index is 8.73. The summed E-state index contributed by atoms with van der Waals surface area (Å²) in [6.07, 6.45) is 1.11. The quantitative estimate of drug-likeness (QED) is 0.469. The molecule has 2 aromatic carbocycles. The molecule has 0 N–H and O–H groups in total. The van der Waals surface area contributed by atoms with Crippen LogP contribution in [0.1, 0.15) is 69.7 Å². The minimum absolute atomic E-state index is 0.495. The highest BCUT2D eigenvalue weighted by atomic mass is 14.9. The lowest BCUT2D eigenvalue weighted by Crippen LogP contribution is -2.35. The van der Waals surface area contributed by atoms with Crippen molar-refractivity contribution in [2.75, 3.05) is 0 Å². The number of aromatic nitrogens is 1. The molecule has 3 rings (SSSR count). The van der Waals surface area contributed by atoms with Gasteiger partial charge < -0.3 is 0 Å². The first-order valence-electron chi connectivity index (χ1n) is 10.3. The second kappa shape index (κ2) is 7.23. The molecule has 0 amide bonds. The maximum atomic E-state index is 8.73. The van der Waals surface area contributed by atoms with E-state index in [1.165, 1.54) is 33.3 Å². The van der Waals surface area contributed by atoms with Gasteiger partial charge in [-0.15, -0.1) is 0 Å². The third-order valence-electron chi connectivity index (χ3n) is 5.82. The molecular formula is C25H32N+. The number of hydrogen-bond acceptors (Lipinski definition) is 0. The van der Waals surface area contributed by atoms with Crippen LogP contribution in [0.15, 0.2) is 42.4 Å². The van der Waals surface area contributed by atoms with E-state index in [0.29, 0.717) is 17.9 Å².